The molecule has 1 aliphatic rings. The van der Waals surface area contributed by atoms with Crippen molar-refractivity contribution >= 4 is 11.8 Å². The summed E-state index contributed by atoms with van der Waals surface area (Å²) in [5, 5.41) is 9.74. The van der Waals surface area contributed by atoms with Crippen LogP contribution in [-0.4, -0.2) is 75.9 Å². The lowest BCUT2D eigenvalue weighted by molar-refractivity contribution is -0.143. The Labute approximate surface area is 175 Å². The largest absolute Gasteiger partial charge is 0.435 e. The van der Waals surface area contributed by atoms with Crippen LogP contribution in [0.3, 0.4) is 0 Å². The van der Waals surface area contributed by atoms with Gasteiger partial charge in [-0.3, -0.25) is 14.5 Å². The number of nitrogens with one attached hydrogen (secondary N) is 1. The molecule has 0 spiro atoms. The second-order valence-electron chi connectivity index (χ2n) is 7.09. The van der Waals surface area contributed by atoms with E-state index in [0.717, 1.165) is 30.7 Å². The average Bonchev–Trinajstić information content (AvgIpc) is 3.18. The van der Waals surface area contributed by atoms with E-state index in [-0.39, 0.29) is 31.2 Å². The second kappa shape index (κ2) is 9.41. The number of amides is 2. The van der Waals surface area contributed by atoms with Gasteiger partial charge in [-0.25, -0.2) is 9.07 Å². The van der Waals surface area contributed by atoms with Crippen molar-refractivity contribution in [1.82, 2.24) is 30.1 Å². The number of rotatable bonds is 6. The molecule has 168 valence electrons. The van der Waals surface area contributed by atoms with Crippen molar-refractivity contribution in [3.63, 3.8) is 0 Å². The van der Waals surface area contributed by atoms with Gasteiger partial charge in [-0.15, -0.1) is 5.10 Å². The number of hydrogen-bond acceptors (Lipinski definition) is 5. The highest BCUT2D eigenvalue weighted by Crippen LogP contribution is 2.33. The maximum absolute atomic E-state index is 13.7. The van der Waals surface area contributed by atoms with Crippen LogP contribution in [0.4, 0.5) is 17.6 Å². The Balaban J connectivity index is 1.74. The van der Waals surface area contributed by atoms with Gasteiger partial charge in [-0.05, 0) is 30.7 Å². The minimum Gasteiger partial charge on any atom is -0.355 e. The highest BCUT2D eigenvalue weighted by Gasteiger charge is 2.43. The summed E-state index contributed by atoms with van der Waals surface area (Å²) >= 11 is 0. The molecule has 0 radical (unpaired) electrons. The van der Waals surface area contributed by atoms with Gasteiger partial charge in [0, 0.05) is 32.7 Å². The van der Waals surface area contributed by atoms with Crippen LogP contribution in [0.15, 0.2) is 24.3 Å². The number of halogens is 4. The Bertz CT molecular complexity index is 920. The maximum atomic E-state index is 13.7. The van der Waals surface area contributed by atoms with Crippen LogP contribution in [-0.2, 0) is 11.0 Å². The third-order valence-corrected chi connectivity index (χ3v) is 4.81. The van der Waals surface area contributed by atoms with Crippen LogP contribution in [0.5, 0.6) is 0 Å². The lowest BCUT2D eigenvalue weighted by atomic mass is 10.2. The van der Waals surface area contributed by atoms with Gasteiger partial charge in [0.05, 0.1) is 12.2 Å². The van der Waals surface area contributed by atoms with E-state index in [4.69, 9.17) is 0 Å². The fourth-order valence-electron chi connectivity index (χ4n) is 3.23. The number of alkyl halides is 3. The molecule has 2 amide bonds. The SMILES string of the molecule is CCCNC(=O)CN1CCN(C(=O)c2nnn(-c3ccc(F)cc3)c2C(F)(F)F)CC1. The smallest absolute Gasteiger partial charge is 0.355 e. The van der Waals surface area contributed by atoms with Crippen LogP contribution in [0.1, 0.15) is 29.5 Å². The molecule has 0 bridgehead atoms. The van der Waals surface area contributed by atoms with Gasteiger partial charge in [0.25, 0.3) is 5.91 Å². The topological polar surface area (TPSA) is 83.4 Å². The van der Waals surface area contributed by atoms with E-state index in [1.165, 1.54) is 4.90 Å². The van der Waals surface area contributed by atoms with E-state index in [1.807, 2.05) is 11.8 Å². The quantitative estimate of drug-likeness (QED) is 0.689. The first-order valence-corrected chi connectivity index (χ1v) is 9.78. The highest BCUT2D eigenvalue weighted by molar-refractivity contribution is 5.93. The molecule has 0 saturated carbocycles. The minimum atomic E-state index is -4.90. The summed E-state index contributed by atoms with van der Waals surface area (Å²) < 4.78 is 54.8. The van der Waals surface area contributed by atoms with Crippen molar-refractivity contribution in [2.45, 2.75) is 19.5 Å². The number of aromatic nitrogens is 3. The van der Waals surface area contributed by atoms with Gasteiger partial charge < -0.3 is 10.2 Å². The predicted molar refractivity (Wildman–Crippen MR) is 102 cm³/mol. The minimum absolute atomic E-state index is 0.0665. The van der Waals surface area contributed by atoms with E-state index in [9.17, 15) is 27.2 Å². The second-order valence-corrected chi connectivity index (χ2v) is 7.09. The van der Waals surface area contributed by atoms with Crippen molar-refractivity contribution in [3.05, 3.63) is 41.5 Å². The van der Waals surface area contributed by atoms with E-state index in [2.05, 4.69) is 15.6 Å². The zero-order valence-corrected chi connectivity index (χ0v) is 16.8. The lowest BCUT2D eigenvalue weighted by Gasteiger charge is -2.34. The van der Waals surface area contributed by atoms with Crippen molar-refractivity contribution in [3.8, 4) is 5.69 Å². The Hall–Kier alpha value is -3.02. The number of nitrogens with zero attached hydrogens (tertiary/aromatic N) is 5. The molecular weight excluding hydrogens is 420 g/mol. The average molecular weight is 442 g/mol. The molecule has 1 N–H and O–H groups in total. The molecule has 2 aromatic rings. The number of carbonyl (C=O) groups is 2. The fourth-order valence-corrected chi connectivity index (χ4v) is 3.23. The van der Waals surface area contributed by atoms with E-state index < -0.39 is 29.3 Å². The normalized spacial score (nSPS) is 15.2. The van der Waals surface area contributed by atoms with E-state index >= 15 is 0 Å². The van der Waals surface area contributed by atoms with Crippen molar-refractivity contribution < 1.29 is 27.2 Å². The molecule has 1 fully saturated rings. The number of carbonyl (C=O) groups excluding carboxylic acids is 2. The molecule has 1 aromatic carbocycles. The summed E-state index contributed by atoms with van der Waals surface area (Å²) in [6.45, 7) is 3.67. The van der Waals surface area contributed by atoms with Crippen molar-refractivity contribution in [2.75, 3.05) is 39.3 Å². The molecule has 12 heteroatoms. The molecule has 0 atom stereocenters. The van der Waals surface area contributed by atoms with Crippen LogP contribution in [0, 0.1) is 5.82 Å². The summed E-state index contributed by atoms with van der Waals surface area (Å²) in [6, 6.07) is 4.23. The molecule has 8 nitrogen and oxygen atoms in total. The molecule has 0 aliphatic carbocycles. The zero-order valence-electron chi connectivity index (χ0n) is 16.8. The third-order valence-electron chi connectivity index (χ3n) is 4.81. The van der Waals surface area contributed by atoms with Gasteiger partial charge in [0.1, 0.15) is 5.82 Å². The first kappa shape index (κ1) is 22.7. The van der Waals surface area contributed by atoms with E-state index in [0.29, 0.717) is 24.3 Å². The summed E-state index contributed by atoms with van der Waals surface area (Å²) in [5.41, 5.74) is -2.19. The molecule has 31 heavy (non-hydrogen) atoms. The Morgan fingerprint density at radius 3 is 2.32 bits per heavy atom. The summed E-state index contributed by atoms with van der Waals surface area (Å²) in [7, 11) is 0. The zero-order chi connectivity index (χ0) is 22.6. The molecule has 2 heterocycles. The lowest BCUT2D eigenvalue weighted by Crippen LogP contribution is -2.51. The van der Waals surface area contributed by atoms with Crippen LogP contribution < -0.4 is 5.32 Å². The Morgan fingerprint density at radius 1 is 1.10 bits per heavy atom. The highest BCUT2D eigenvalue weighted by atomic mass is 19.4. The third kappa shape index (κ3) is 5.37. The molecule has 1 aromatic heterocycles. The van der Waals surface area contributed by atoms with Gasteiger partial charge in [0.2, 0.25) is 5.91 Å². The number of piperazine rings is 1. The molecule has 1 saturated heterocycles. The number of hydrogen-bond donors (Lipinski definition) is 1. The standard InChI is InChI=1S/C19H22F4N6O2/c1-2-7-24-15(30)12-27-8-10-28(11-9-27)18(31)16-17(19(21,22)23)29(26-25-16)14-5-3-13(20)4-6-14/h3-6H,2,7-12H2,1H3,(H,24,30). The van der Waals surface area contributed by atoms with Gasteiger partial charge in [0.15, 0.2) is 11.4 Å². The van der Waals surface area contributed by atoms with Crippen molar-refractivity contribution in [2.24, 2.45) is 0 Å². The Morgan fingerprint density at radius 2 is 1.74 bits per heavy atom. The fraction of sp³-hybridized carbons (Fsp3) is 0.474. The molecular formula is C19H22F4N6O2. The van der Waals surface area contributed by atoms with Gasteiger partial charge in [-0.1, -0.05) is 12.1 Å². The van der Waals surface area contributed by atoms with Crippen LogP contribution >= 0.6 is 0 Å². The molecule has 1 aliphatic heterocycles. The molecule has 3 rings (SSSR count). The summed E-state index contributed by atoms with van der Waals surface area (Å²) in [6.07, 6.45) is -4.09. The first-order valence-electron chi connectivity index (χ1n) is 9.78. The Kier molecular flexibility index (Phi) is 6.88. The summed E-state index contributed by atoms with van der Waals surface area (Å²) in [5.74, 6) is -1.64. The van der Waals surface area contributed by atoms with E-state index in [1.54, 1.807) is 0 Å². The van der Waals surface area contributed by atoms with Crippen molar-refractivity contribution in [1.29, 1.82) is 0 Å². The number of benzene rings is 1. The van der Waals surface area contributed by atoms with Crippen LogP contribution in [0.2, 0.25) is 0 Å². The first-order chi connectivity index (χ1) is 14.7. The monoisotopic (exact) mass is 442 g/mol. The predicted octanol–water partition coefficient (Wildman–Crippen LogP) is 1.71. The van der Waals surface area contributed by atoms with Gasteiger partial charge >= 0.3 is 6.18 Å². The van der Waals surface area contributed by atoms with Gasteiger partial charge in [-0.2, -0.15) is 13.2 Å². The maximum Gasteiger partial charge on any atom is 0.435 e. The summed E-state index contributed by atoms with van der Waals surface area (Å²) in [4.78, 5) is 27.7. The molecule has 0 unspecified atom stereocenters. The van der Waals surface area contributed by atoms with Crippen LogP contribution in [0.25, 0.3) is 5.69 Å².